The zero-order valence-electron chi connectivity index (χ0n) is 21.1. The molecule has 0 radical (unpaired) electrons. The number of carbonyl (C=O) groups is 1. The standard InChI is InChI=1S/C27H38N6O2/c1-20-18-28-21(2)26(29-20)32-16-14-31(15-17-32)24-9-12-30(13-10-24)23-7-5-22(6-8-23)27(35)33-11-3-4-25(34)19-33/h5-8,18,24-25,34H,3-4,9-17,19H2,1-2H3/t25-/m0/s1. The Morgan fingerprint density at radius 1 is 0.914 bits per heavy atom. The van der Waals surface area contributed by atoms with E-state index in [0.717, 1.165) is 88.7 Å². The summed E-state index contributed by atoms with van der Waals surface area (Å²) in [5.41, 5.74) is 3.89. The van der Waals surface area contributed by atoms with Gasteiger partial charge >= 0.3 is 0 Å². The fourth-order valence-electron chi connectivity index (χ4n) is 5.75. The molecule has 0 saturated carbocycles. The number of amides is 1. The summed E-state index contributed by atoms with van der Waals surface area (Å²) in [7, 11) is 0. The second-order valence-corrected chi connectivity index (χ2v) is 10.3. The van der Waals surface area contributed by atoms with E-state index in [-0.39, 0.29) is 5.91 Å². The number of rotatable bonds is 4. The zero-order valence-corrected chi connectivity index (χ0v) is 21.1. The van der Waals surface area contributed by atoms with E-state index in [1.807, 2.05) is 32.2 Å². The zero-order chi connectivity index (χ0) is 24.4. The molecule has 1 aromatic carbocycles. The van der Waals surface area contributed by atoms with Crippen LogP contribution in [-0.2, 0) is 0 Å². The minimum absolute atomic E-state index is 0.0278. The number of hydrogen-bond acceptors (Lipinski definition) is 7. The van der Waals surface area contributed by atoms with Gasteiger partial charge in [0.05, 0.1) is 17.5 Å². The van der Waals surface area contributed by atoms with Crippen molar-refractivity contribution in [1.82, 2.24) is 19.8 Å². The van der Waals surface area contributed by atoms with Crippen molar-refractivity contribution in [1.29, 1.82) is 0 Å². The molecule has 8 nitrogen and oxygen atoms in total. The molecule has 188 valence electrons. The first-order valence-electron chi connectivity index (χ1n) is 13.1. The van der Waals surface area contributed by atoms with Gasteiger partial charge in [0.1, 0.15) is 5.82 Å². The van der Waals surface area contributed by atoms with E-state index in [1.165, 1.54) is 5.69 Å². The number of aliphatic hydroxyl groups is 1. The Balaban J connectivity index is 1.11. The molecule has 0 bridgehead atoms. The highest BCUT2D eigenvalue weighted by Gasteiger charge is 2.29. The molecule has 1 N–H and O–H groups in total. The number of benzene rings is 1. The quantitative estimate of drug-likeness (QED) is 0.724. The van der Waals surface area contributed by atoms with Gasteiger partial charge in [-0.2, -0.15) is 0 Å². The lowest BCUT2D eigenvalue weighted by Crippen LogP contribution is -2.53. The SMILES string of the molecule is Cc1cnc(C)c(N2CCN(C3CCN(c4ccc(C(=O)N5CCC[C@H](O)C5)cc4)CC3)CC2)n1. The first kappa shape index (κ1) is 24.0. The average molecular weight is 479 g/mol. The van der Waals surface area contributed by atoms with Crippen molar-refractivity contribution in [2.75, 3.05) is 62.2 Å². The molecule has 3 fully saturated rings. The third kappa shape index (κ3) is 5.43. The molecule has 0 unspecified atom stereocenters. The van der Waals surface area contributed by atoms with Crippen LogP contribution in [0, 0.1) is 13.8 Å². The van der Waals surface area contributed by atoms with Gasteiger partial charge in [0.2, 0.25) is 0 Å². The molecule has 2 aromatic rings. The summed E-state index contributed by atoms with van der Waals surface area (Å²) in [5, 5.41) is 9.88. The second-order valence-electron chi connectivity index (χ2n) is 10.3. The van der Waals surface area contributed by atoms with Crippen molar-refractivity contribution in [2.45, 2.75) is 51.7 Å². The van der Waals surface area contributed by atoms with Gasteiger partial charge in [0, 0.05) is 75.8 Å². The Morgan fingerprint density at radius 2 is 1.63 bits per heavy atom. The lowest BCUT2D eigenvalue weighted by Gasteiger charge is -2.43. The van der Waals surface area contributed by atoms with E-state index in [4.69, 9.17) is 4.98 Å². The van der Waals surface area contributed by atoms with E-state index in [2.05, 4.69) is 31.8 Å². The van der Waals surface area contributed by atoms with Crippen LogP contribution >= 0.6 is 0 Å². The fourth-order valence-corrected chi connectivity index (χ4v) is 5.75. The number of aromatic nitrogens is 2. The molecule has 0 aliphatic carbocycles. The Bertz CT molecular complexity index is 1010. The summed E-state index contributed by atoms with van der Waals surface area (Å²) in [6.45, 7) is 11.5. The maximum atomic E-state index is 12.8. The molecule has 3 aliphatic rings. The average Bonchev–Trinajstić information content (AvgIpc) is 2.90. The summed E-state index contributed by atoms with van der Waals surface area (Å²) >= 11 is 0. The Morgan fingerprint density at radius 3 is 2.31 bits per heavy atom. The summed E-state index contributed by atoms with van der Waals surface area (Å²) in [4.78, 5) is 31.3. The van der Waals surface area contributed by atoms with Crippen LogP contribution in [0.5, 0.6) is 0 Å². The number of hydrogen-bond donors (Lipinski definition) is 1. The van der Waals surface area contributed by atoms with Gasteiger partial charge in [-0.3, -0.25) is 14.7 Å². The number of β-amino-alcohol motifs (C(OH)–C–C–N with tert-alkyl or cyclic N) is 1. The lowest BCUT2D eigenvalue weighted by atomic mass is 10.0. The first-order chi connectivity index (χ1) is 17.0. The van der Waals surface area contributed by atoms with Crippen molar-refractivity contribution >= 4 is 17.4 Å². The monoisotopic (exact) mass is 478 g/mol. The number of piperidine rings is 2. The topological polar surface area (TPSA) is 76.0 Å². The molecule has 1 amide bonds. The first-order valence-corrected chi connectivity index (χ1v) is 13.1. The minimum atomic E-state index is -0.392. The van der Waals surface area contributed by atoms with Gasteiger partial charge in [0.15, 0.2) is 0 Å². The Kier molecular flexibility index (Phi) is 7.20. The highest BCUT2D eigenvalue weighted by atomic mass is 16.3. The van der Waals surface area contributed by atoms with Gasteiger partial charge in [-0.25, -0.2) is 4.98 Å². The van der Waals surface area contributed by atoms with Crippen LogP contribution in [0.2, 0.25) is 0 Å². The highest BCUT2D eigenvalue weighted by Crippen LogP contribution is 2.26. The summed E-state index contributed by atoms with van der Waals surface area (Å²) < 4.78 is 0. The van der Waals surface area contributed by atoms with Crippen LogP contribution in [0.3, 0.4) is 0 Å². The van der Waals surface area contributed by atoms with Gasteiger partial charge in [0.25, 0.3) is 5.91 Å². The summed E-state index contributed by atoms with van der Waals surface area (Å²) in [6, 6.07) is 8.68. The van der Waals surface area contributed by atoms with Crippen LogP contribution in [0.1, 0.15) is 47.4 Å². The predicted molar refractivity (Wildman–Crippen MR) is 138 cm³/mol. The number of anilines is 2. The molecule has 1 atom stereocenters. The Hall–Kier alpha value is -2.71. The second kappa shape index (κ2) is 10.5. The number of aryl methyl sites for hydroxylation is 2. The molecule has 1 aromatic heterocycles. The number of carbonyl (C=O) groups excluding carboxylic acids is 1. The fraction of sp³-hybridized carbons (Fsp3) is 0.593. The van der Waals surface area contributed by atoms with Crippen molar-refractivity contribution < 1.29 is 9.90 Å². The Labute approximate surface area is 208 Å². The van der Waals surface area contributed by atoms with Crippen molar-refractivity contribution in [3.05, 3.63) is 47.4 Å². The lowest BCUT2D eigenvalue weighted by molar-refractivity contribution is 0.0474. The van der Waals surface area contributed by atoms with Crippen molar-refractivity contribution in [3.63, 3.8) is 0 Å². The summed E-state index contributed by atoms with van der Waals surface area (Å²) in [6.07, 6.45) is 5.43. The molecule has 0 spiro atoms. The van der Waals surface area contributed by atoms with Crippen molar-refractivity contribution in [2.24, 2.45) is 0 Å². The van der Waals surface area contributed by atoms with Crippen LogP contribution < -0.4 is 9.80 Å². The molecule has 3 aliphatic heterocycles. The van der Waals surface area contributed by atoms with E-state index in [1.54, 1.807) is 4.90 Å². The molecular weight excluding hydrogens is 440 g/mol. The maximum absolute atomic E-state index is 12.8. The molecule has 3 saturated heterocycles. The largest absolute Gasteiger partial charge is 0.391 e. The number of nitrogens with zero attached hydrogens (tertiary/aromatic N) is 6. The van der Waals surface area contributed by atoms with Gasteiger partial charge in [-0.15, -0.1) is 0 Å². The number of likely N-dealkylation sites (tertiary alicyclic amines) is 1. The van der Waals surface area contributed by atoms with Crippen molar-refractivity contribution in [3.8, 4) is 0 Å². The maximum Gasteiger partial charge on any atom is 0.253 e. The van der Waals surface area contributed by atoms with E-state index in [9.17, 15) is 9.90 Å². The van der Waals surface area contributed by atoms with Crippen LogP contribution in [0.4, 0.5) is 11.5 Å². The van der Waals surface area contributed by atoms with Crippen LogP contribution in [0.25, 0.3) is 0 Å². The number of piperazine rings is 1. The minimum Gasteiger partial charge on any atom is -0.391 e. The van der Waals surface area contributed by atoms with E-state index in [0.29, 0.717) is 18.2 Å². The van der Waals surface area contributed by atoms with E-state index < -0.39 is 6.10 Å². The number of aliphatic hydroxyl groups excluding tert-OH is 1. The third-order valence-corrected chi connectivity index (χ3v) is 7.81. The van der Waals surface area contributed by atoms with Crippen LogP contribution in [0.15, 0.2) is 30.5 Å². The molecular formula is C27H38N6O2. The van der Waals surface area contributed by atoms with Gasteiger partial charge in [-0.1, -0.05) is 0 Å². The van der Waals surface area contributed by atoms with Gasteiger partial charge in [-0.05, 0) is 63.8 Å². The van der Waals surface area contributed by atoms with E-state index >= 15 is 0 Å². The van der Waals surface area contributed by atoms with Gasteiger partial charge < -0.3 is 19.8 Å². The molecule has 5 rings (SSSR count). The van der Waals surface area contributed by atoms with Crippen LogP contribution in [-0.4, -0.2) is 95.3 Å². The normalized spacial score (nSPS) is 22.5. The summed E-state index contributed by atoms with van der Waals surface area (Å²) in [5.74, 6) is 1.07. The predicted octanol–water partition coefficient (Wildman–Crippen LogP) is 2.48. The highest BCUT2D eigenvalue weighted by molar-refractivity contribution is 5.94. The molecule has 35 heavy (non-hydrogen) atoms. The third-order valence-electron chi connectivity index (χ3n) is 7.81. The molecule has 8 heteroatoms. The smallest absolute Gasteiger partial charge is 0.253 e. The molecule has 4 heterocycles.